The van der Waals surface area contributed by atoms with Crippen molar-refractivity contribution in [2.45, 2.75) is 72.1 Å². The average molecular weight is 445 g/mol. The Morgan fingerprint density at radius 3 is 2.61 bits per heavy atom. The van der Waals surface area contributed by atoms with Gasteiger partial charge in [-0.1, -0.05) is 25.7 Å². The van der Waals surface area contributed by atoms with Gasteiger partial charge in [0.05, 0.1) is 5.69 Å². The van der Waals surface area contributed by atoms with Crippen molar-refractivity contribution in [3.8, 4) is 0 Å². The molecule has 0 aromatic carbocycles. The van der Waals surface area contributed by atoms with Crippen LogP contribution in [0.1, 0.15) is 38.4 Å². The number of pyridine rings is 1. The summed E-state index contributed by atoms with van der Waals surface area (Å²) in [6.45, 7) is 17.0. The number of carbonyl (C=O) groups is 1. The van der Waals surface area contributed by atoms with E-state index in [9.17, 15) is 4.79 Å². The largest absolute Gasteiger partial charge is 0.444 e. The van der Waals surface area contributed by atoms with Gasteiger partial charge in [-0.15, -0.1) is 0 Å². The first-order chi connectivity index (χ1) is 14.4. The molecule has 0 spiro atoms. The van der Waals surface area contributed by atoms with Gasteiger partial charge in [-0.2, -0.15) is 5.10 Å². The molecule has 1 amide bonds. The van der Waals surface area contributed by atoms with Gasteiger partial charge in [0.15, 0.2) is 5.65 Å². The Balaban J connectivity index is 1.79. The standard InChI is InChI=1S/C23H36N4O3Si/c1-17-8-11-24-21-19(17)20(25-27(21)16-29-14-15-31(5,6)7)18-9-12-26(13-10-18)22(28)30-23(2,3)4/h8-9,11H,10,12-16H2,1-7H3. The van der Waals surface area contributed by atoms with E-state index in [0.717, 1.165) is 46.9 Å². The zero-order valence-electron chi connectivity index (χ0n) is 20.0. The molecule has 8 heteroatoms. The highest BCUT2D eigenvalue weighted by Gasteiger charge is 2.26. The van der Waals surface area contributed by atoms with E-state index in [4.69, 9.17) is 14.6 Å². The molecule has 31 heavy (non-hydrogen) atoms. The third-order valence-corrected chi connectivity index (χ3v) is 6.92. The molecule has 2 aromatic heterocycles. The van der Waals surface area contributed by atoms with Crippen LogP contribution in [-0.4, -0.2) is 59.1 Å². The van der Waals surface area contributed by atoms with Gasteiger partial charge in [0.25, 0.3) is 0 Å². The Morgan fingerprint density at radius 1 is 1.26 bits per heavy atom. The first-order valence-corrected chi connectivity index (χ1v) is 14.7. The van der Waals surface area contributed by atoms with Crippen LogP contribution in [0, 0.1) is 6.92 Å². The molecule has 0 N–H and O–H groups in total. The quantitative estimate of drug-likeness (QED) is 0.459. The van der Waals surface area contributed by atoms with Gasteiger partial charge in [-0.05, 0) is 57.4 Å². The normalized spacial score (nSPS) is 15.3. The van der Waals surface area contributed by atoms with Crippen LogP contribution in [0.25, 0.3) is 16.6 Å². The van der Waals surface area contributed by atoms with E-state index in [1.165, 1.54) is 0 Å². The number of fused-ring (bicyclic) bond motifs is 1. The second-order valence-corrected chi connectivity index (χ2v) is 16.0. The topological polar surface area (TPSA) is 69.5 Å². The number of carbonyl (C=O) groups excluding carboxylic acids is 1. The summed E-state index contributed by atoms with van der Waals surface area (Å²) in [6, 6.07) is 3.14. The van der Waals surface area contributed by atoms with E-state index in [-0.39, 0.29) is 6.09 Å². The van der Waals surface area contributed by atoms with Crippen LogP contribution in [0.5, 0.6) is 0 Å². The maximum Gasteiger partial charge on any atom is 0.410 e. The summed E-state index contributed by atoms with van der Waals surface area (Å²) in [5.74, 6) is 0. The highest BCUT2D eigenvalue weighted by molar-refractivity contribution is 6.76. The van der Waals surface area contributed by atoms with Crippen molar-refractivity contribution in [3.63, 3.8) is 0 Å². The Kier molecular flexibility index (Phi) is 6.91. The molecule has 0 radical (unpaired) electrons. The first-order valence-electron chi connectivity index (χ1n) is 11.0. The van der Waals surface area contributed by atoms with Gasteiger partial charge < -0.3 is 14.4 Å². The highest BCUT2D eigenvalue weighted by Crippen LogP contribution is 2.30. The fourth-order valence-electron chi connectivity index (χ4n) is 3.47. The van der Waals surface area contributed by atoms with Crippen molar-refractivity contribution < 1.29 is 14.3 Å². The number of amides is 1. The summed E-state index contributed by atoms with van der Waals surface area (Å²) in [5.41, 5.74) is 3.58. The van der Waals surface area contributed by atoms with Crippen molar-refractivity contribution in [1.82, 2.24) is 19.7 Å². The minimum absolute atomic E-state index is 0.271. The molecular weight excluding hydrogens is 408 g/mol. The lowest BCUT2D eigenvalue weighted by Gasteiger charge is -2.29. The maximum atomic E-state index is 12.4. The smallest absolute Gasteiger partial charge is 0.410 e. The molecule has 0 unspecified atom stereocenters. The number of nitrogens with zero attached hydrogens (tertiary/aromatic N) is 4. The summed E-state index contributed by atoms with van der Waals surface area (Å²) in [7, 11) is -1.13. The minimum Gasteiger partial charge on any atom is -0.444 e. The highest BCUT2D eigenvalue weighted by atomic mass is 28.3. The minimum atomic E-state index is -1.13. The van der Waals surface area contributed by atoms with E-state index in [1.807, 2.05) is 37.7 Å². The van der Waals surface area contributed by atoms with Crippen LogP contribution in [0.3, 0.4) is 0 Å². The van der Waals surface area contributed by atoms with Crippen molar-refractivity contribution in [2.75, 3.05) is 19.7 Å². The molecule has 0 saturated carbocycles. The third-order valence-electron chi connectivity index (χ3n) is 5.22. The van der Waals surface area contributed by atoms with Crippen molar-refractivity contribution in [1.29, 1.82) is 0 Å². The van der Waals surface area contributed by atoms with Crippen LogP contribution in [0.15, 0.2) is 18.3 Å². The molecular formula is C23H36N4O3Si. The molecule has 170 valence electrons. The summed E-state index contributed by atoms with van der Waals surface area (Å²) < 4.78 is 13.3. The zero-order chi connectivity index (χ0) is 22.8. The van der Waals surface area contributed by atoms with E-state index in [1.54, 1.807) is 4.90 Å². The third kappa shape index (κ3) is 6.17. The Hall–Kier alpha value is -2.19. The second-order valence-electron chi connectivity index (χ2n) is 10.4. The van der Waals surface area contributed by atoms with E-state index < -0.39 is 13.7 Å². The summed E-state index contributed by atoms with van der Waals surface area (Å²) in [6.07, 6.45) is 4.36. The molecule has 0 saturated heterocycles. The van der Waals surface area contributed by atoms with Crippen molar-refractivity contribution >= 4 is 30.8 Å². The lowest BCUT2D eigenvalue weighted by atomic mass is 10.0. The molecule has 0 atom stereocenters. The fraction of sp³-hybridized carbons (Fsp3) is 0.609. The van der Waals surface area contributed by atoms with Crippen LogP contribution in [0.4, 0.5) is 4.79 Å². The molecule has 2 aromatic rings. The number of hydrogen-bond acceptors (Lipinski definition) is 5. The van der Waals surface area contributed by atoms with E-state index in [2.05, 4.69) is 37.6 Å². The Bertz CT molecular complexity index is 970. The Morgan fingerprint density at radius 2 is 2.00 bits per heavy atom. The van der Waals surface area contributed by atoms with Gasteiger partial charge in [0, 0.05) is 39.4 Å². The number of aromatic nitrogens is 3. The van der Waals surface area contributed by atoms with Gasteiger partial charge in [-0.3, -0.25) is 0 Å². The predicted octanol–water partition coefficient (Wildman–Crippen LogP) is 5.08. The van der Waals surface area contributed by atoms with Gasteiger partial charge in [-0.25, -0.2) is 14.5 Å². The van der Waals surface area contributed by atoms with Crippen LogP contribution < -0.4 is 0 Å². The maximum absolute atomic E-state index is 12.4. The summed E-state index contributed by atoms with van der Waals surface area (Å²) in [4.78, 5) is 18.7. The van der Waals surface area contributed by atoms with Gasteiger partial charge in [0.2, 0.25) is 0 Å². The van der Waals surface area contributed by atoms with Crippen LogP contribution in [-0.2, 0) is 16.2 Å². The van der Waals surface area contributed by atoms with Crippen LogP contribution in [0.2, 0.25) is 25.7 Å². The molecule has 3 heterocycles. The SMILES string of the molecule is Cc1ccnc2c1c(C1=CCN(C(=O)OC(C)(C)C)CC1)nn2COCC[Si](C)(C)C. The lowest BCUT2D eigenvalue weighted by Crippen LogP contribution is -2.39. The number of hydrogen-bond donors (Lipinski definition) is 0. The molecule has 0 fully saturated rings. The molecule has 1 aliphatic rings. The number of aryl methyl sites for hydroxylation is 1. The predicted molar refractivity (Wildman–Crippen MR) is 127 cm³/mol. The number of rotatable bonds is 6. The molecule has 1 aliphatic heterocycles. The average Bonchev–Trinajstić information content (AvgIpc) is 3.03. The zero-order valence-corrected chi connectivity index (χ0v) is 21.0. The monoisotopic (exact) mass is 444 g/mol. The van der Waals surface area contributed by atoms with Gasteiger partial charge >= 0.3 is 6.09 Å². The molecule has 3 rings (SSSR count). The molecule has 7 nitrogen and oxygen atoms in total. The van der Waals surface area contributed by atoms with E-state index >= 15 is 0 Å². The fourth-order valence-corrected chi connectivity index (χ4v) is 4.23. The summed E-state index contributed by atoms with van der Waals surface area (Å²) in [5, 5.41) is 5.94. The van der Waals surface area contributed by atoms with Crippen molar-refractivity contribution in [3.05, 3.63) is 29.6 Å². The van der Waals surface area contributed by atoms with Crippen molar-refractivity contribution in [2.24, 2.45) is 0 Å². The van der Waals surface area contributed by atoms with Crippen LogP contribution >= 0.6 is 0 Å². The first kappa shape index (κ1) is 23.5. The lowest BCUT2D eigenvalue weighted by molar-refractivity contribution is 0.0270. The van der Waals surface area contributed by atoms with Gasteiger partial charge in [0.1, 0.15) is 12.3 Å². The summed E-state index contributed by atoms with van der Waals surface area (Å²) >= 11 is 0. The molecule has 0 aliphatic carbocycles. The Labute approximate surface area is 186 Å². The number of ether oxygens (including phenoxy) is 2. The second kappa shape index (κ2) is 9.12. The molecule has 0 bridgehead atoms. The van der Waals surface area contributed by atoms with E-state index in [0.29, 0.717) is 19.8 Å².